The molecule has 1 aromatic rings. The monoisotopic (exact) mass is 250 g/mol. The minimum Gasteiger partial charge on any atom is -0.449 e. The number of hydrogen-bond acceptors (Lipinski definition) is 4. The summed E-state index contributed by atoms with van der Waals surface area (Å²) in [7, 11) is 0. The Morgan fingerprint density at radius 1 is 1.22 bits per heavy atom. The molecular formula is C12H14N2O4. The van der Waals surface area contributed by atoms with Crippen LogP contribution in [-0.2, 0) is 9.53 Å². The van der Waals surface area contributed by atoms with Crippen LogP contribution in [0, 0.1) is 6.92 Å². The van der Waals surface area contributed by atoms with Crippen LogP contribution in [0.15, 0.2) is 24.3 Å². The number of ether oxygens (including phenoxy) is 1. The van der Waals surface area contributed by atoms with Crippen LogP contribution in [0.1, 0.15) is 22.8 Å². The van der Waals surface area contributed by atoms with Crippen LogP contribution in [0.4, 0.5) is 4.79 Å². The molecule has 0 saturated carbocycles. The first-order valence-electron chi connectivity index (χ1n) is 5.28. The number of hydrogen-bond donors (Lipinski definition) is 2. The Kier molecular flexibility index (Phi) is 4.42. The molecule has 0 aliphatic rings. The Balaban J connectivity index is 2.62. The maximum atomic E-state index is 11.6. The third-order valence-corrected chi connectivity index (χ3v) is 2.19. The summed E-state index contributed by atoms with van der Waals surface area (Å²) in [5, 5.41) is 1.83. The smallest absolute Gasteiger partial charge is 0.338 e. The standard InChI is InChI=1S/C12H14N2O4/c1-7-3-5-9(6-4-7)11(16)18-8(2)10(15)14-12(13)17/h3-6,8H,1-2H3,(H3,13,14,15,17)/t8-/m0/s1. The molecule has 3 amide bonds. The lowest BCUT2D eigenvalue weighted by molar-refractivity contribution is -0.127. The summed E-state index contributed by atoms with van der Waals surface area (Å²) in [4.78, 5) is 33.4. The fourth-order valence-corrected chi connectivity index (χ4v) is 1.19. The molecule has 0 heterocycles. The van der Waals surface area contributed by atoms with Gasteiger partial charge in [0.25, 0.3) is 5.91 Å². The average Bonchev–Trinajstić information content (AvgIpc) is 2.28. The maximum absolute atomic E-state index is 11.6. The first-order valence-corrected chi connectivity index (χ1v) is 5.28. The van der Waals surface area contributed by atoms with E-state index in [1.54, 1.807) is 24.3 Å². The summed E-state index contributed by atoms with van der Waals surface area (Å²) < 4.78 is 4.88. The van der Waals surface area contributed by atoms with Gasteiger partial charge >= 0.3 is 12.0 Å². The van der Waals surface area contributed by atoms with E-state index in [1.807, 2.05) is 12.2 Å². The zero-order chi connectivity index (χ0) is 13.7. The molecule has 1 atom stereocenters. The highest BCUT2D eigenvalue weighted by atomic mass is 16.5. The molecule has 0 radical (unpaired) electrons. The minimum atomic E-state index is -1.09. The van der Waals surface area contributed by atoms with Gasteiger partial charge in [-0.15, -0.1) is 0 Å². The SMILES string of the molecule is Cc1ccc(C(=O)O[C@@H](C)C(=O)NC(N)=O)cc1. The van der Waals surface area contributed by atoms with E-state index in [2.05, 4.69) is 0 Å². The second-order valence-electron chi connectivity index (χ2n) is 3.77. The largest absolute Gasteiger partial charge is 0.449 e. The number of amides is 3. The molecule has 0 fully saturated rings. The number of esters is 1. The Bertz CT molecular complexity index is 467. The quantitative estimate of drug-likeness (QED) is 0.773. The van der Waals surface area contributed by atoms with Gasteiger partial charge in [-0.2, -0.15) is 0 Å². The van der Waals surface area contributed by atoms with Crippen molar-refractivity contribution in [1.82, 2.24) is 5.32 Å². The van der Waals surface area contributed by atoms with Gasteiger partial charge in [0, 0.05) is 0 Å². The molecule has 0 unspecified atom stereocenters. The molecule has 0 aliphatic carbocycles. The zero-order valence-corrected chi connectivity index (χ0v) is 10.1. The number of carbonyl (C=O) groups is 3. The van der Waals surface area contributed by atoms with E-state index in [-0.39, 0.29) is 0 Å². The highest BCUT2D eigenvalue weighted by Crippen LogP contribution is 2.06. The number of carbonyl (C=O) groups excluding carboxylic acids is 3. The maximum Gasteiger partial charge on any atom is 0.338 e. The molecule has 0 saturated heterocycles. The minimum absolute atomic E-state index is 0.333. The van der Waals surface area contributed by atoms with Crippen molar-refractivity contribution in [2.45, 2.75) is 20.0 Å². The molecular weight excluding hydrogens is 236 g/mol. The molecule has 6 heteroatoms. The number of nitrogens with two attached hydrogens (primary N) is 1. The van der Waals surface area contributed by atoms with Crippen LogP contribution in [0.2, 0.25) is 0 Å². The summed E-state index contributed by atoms with van der Waals surface area (Å²) in [6, 6.07) is 5.71. The van der Waals surface area contributed by atoms with Crippen molar-refractivity contribution in [2.75, 3.05) is 0 Å². The zero-order valence-electron chi connectivity index (χ0n) is 10.1. The van der Waals surface area contributed by atoms with E-state index in [0.717, 1.165) is 5.56 Å². The van der Waals surface area contributed by atoms with Gasteiger partial charge in [0.15, 0.2) is 6.10 Å². The van der Waals surface area contributed by atoms with Gasteiger partial charge in [-0.1, -0.05) is 17.7 Å². The average molecular weight is 250 g/mol. The van der Waals surface area contributed by atoms with E-state index in [9.17, 15) is 14.4 Å². The number of aryl methyl sites for hydroxylation is 1. The Morgan fingerprint density at radius 2 is 1.78 bits per heavy atom. The van der Waals surface area contributed by atoms with Crippen molar-refractivity contribution in [1.29, 1.82) is 0 Å². The molecule has 3 N–H and O–H groups in total. The van der Waals surface area contributed by atoms with Gasteiger partial charge < -0.3 is 10.5 Å². The van der Waals surface area contributed by atoms with Crippen LogP contribution in [-0.4, -0.2) is 24.0 Å². The molecule has 0 aromatic heterocycles. The molecule has 1 rings (SSSR count). The summed E-state index contributed by atoms with van der Waals surface area (Å²) in [6.07, 6.45) is -1.09. The molecule has 6 nitrogen and oxygen atoms in total. The van der Waals surface area contributed by atoms with Crippen LogP contribution in [0.25, 0.3) is 0 Å². The van der Waals surface area contributed by atoms with Crippen molar-refractivity contribution in [3.63, 3.8) is 0 Å². The number of rotatable bonds is 3. The second-order valence-corrected chi connectivity index (χ2v) is 3.77. The summed E-state index contributed by atoms with van der Waals surface area (Å²) in [5.74, 6) is -1.40. The highest BCUT2D eigenvalue weighted by molar-refractivity contribution is 5.98. The fourth-order valence-electron chi connectivity index (χ4n) is 1.19. The number of imide groups is 1. The third kappa shape index (κ3) is 3.89. The lowest BCUT2D eigenvalue weighted by atomic mass is 10.1. The van der Waals surface area contributed by atoms with E-state index in [4.69, 9.17) is 10.5 Å². The first-order chi connectivity index (χ1) is 8.40. The van der Waals surface area contributed by atoms with Crippen LogP contribution in [0.5, 0.6) is 0 Å². The number of nitrogens with one attached hydrogen (secondary N) is 1. The third-order valence-electron chi connectivity index (χ3n) is 2.19. The molecule has 0 aliphatic heterocycles. The Morgan fingerprint density at radius 3 is 2.28 bits per heavy atom. The lowest BCUT2D eigenvalue weighted by Gasteiger charge is -2.11. The highest BCUT2D eigenvalue weighted by Gasteiger charge is 2.19. The molecule has 1 aromatic carbocycles. The fraction of sp³-hybridized carbons (Fsp3) is 0.250. The van der Waals surface area contributed by atoms with Gasteiger partial charge in [-0.3, -0.25) is 10.1 Å². The summed E-state index contributed by atoms with van der Waals surface area (Å²) in [5.41, 5.74) is 6.12. The molecule has 18 heavy (non-hydrogen) atoms. The van der Waals surface area contributed by atoms with Crippen molar-refractivity contribution in [3.05, 3.63) is 35.4 Å². The number of primary amides is 1. The van der Waals surface area contributed by atoms with Gasteiger partial charge in [0.1, 0.15) is 0 Å². The predicted molar refractivity (Wildman–Crippen MR) is 63.8 cm³/mol. The van der Waals surface area contributed by atoms with Gasteiger partial charge in [0.2, 0.25) is 0 Å². The summed E-state index contributed by atoms with van der Waals surface area (Å²) in [6.45, 7) is 3.24. The van der Waals surface area contributed by atoms with Crippen LogP contribution >= 0.6 is 0 Å². The normalized spacial score (nSPS) is 11.4. The van der Waals surface area contributed by atoms with Gasteiger partial charge in [-0.05, 0) is 26.0 Å². The molecule has 0 spiro atoms. The first kappa shape index (κ1) is 13.7. The van der Waals surface area contributed by atoms with Crippen molar-refractivity contribution >= 4 is 17.9 Å². The van der Waals surface area contributed by atoms with Crippen LogP contribution < -0.4 is 11.1 Å². The number of benzene rings is 1. The van der Waals surface area contributed by atoms with Crippen molar-refractivity contribution < 1.29 is 19.1 Å². The van der Waals surface area contributed by atoms with Crippen LogP contribution in [0.3, 0.4) is 0 Å². The molecule has 0 bridgehead atoms. The van der Waals surface area contributed by atoms with Gasteiger partial charge in [-0.25, -0.2) is 9.59 Å². The second kappa shape index (κ2) is 5.81. The van der Waals surface area contributed by atoms with E-state index < -0.39 is 24.0 Å². The predicted octanol–water partition coefficient (Wildman–Crippen LogP) is 0.735. The van der Waals surface area contributed by atoms with Gasteiger partial charge in [0.05, 0.1) is 5.56 Å². The Hall–Kier alpha value is -2.37. The lowest BCUT2D eigenvalue weighted by Crippen LogP contribution is -2.42. The number of urea groups is 1. The molecule has 96 valence electrons. The van der Waals surface area contributed by atoms with E-state index >= 15 is 0 Å². The Labute approximate surface area is 104 Å². The topological polar surface area (TPSA) is 98.5 Å². The van der Waals surface area contributed by atoms with Crippen molar-refractivity contribution in [3.8, 4) is 0 Å². The summed E-state index contributed by atoms with van der Waals surface area (Å²) >= 11 is 0. The van der Waals surface area contributed by atoms with Crippen molar-refractivity contribution in [2.24, 2.45) is 5.73 Å². The van der Waals surface area contributed by atoms with E-state index in [1.165, 1.54) is 6.92 Å². The van der Waals surface area contributed by atoms with E-state index in [0.29, 0.717) is 5.56 Å².